The van der Waals surface area contributed by atoms with Crippen LogP contribution in [0.25, 0.3) is 0 Å². The number of fused-ring (bicyclic) bond motifs is 1. The van der Waals surface area contributed by atoms with Gasteiger partial charge in [0, 0.05) is 18.8 Å². The van der Waals surface area contributed by atoms with Crippen molar-refractivity contribution in [3.05, 3.63) is 54.1 Å². The van der Waals surface area contributed by atoms with Crippen molar-refractivity contribution in [2.24, 2.45) is 0 Å². The Bertz CT molecular complexity index is 962. The zero-order valence-corrected chi connectivity index (χ0v) is 19.0. The predicted molar refractivity (Wildman–Crippen MR) is 124 cm³/mol. The van der Waals surface area contributed by atoms with Gasteiger partial charge in [0.2, 0.25) is 5.91 Å². The van der Waals surface area contributed by atoms with Gasteiger partial charge in [-0.25, -0.2) is 0 Å². The monoisotopic (exact) mass is 437 g/mol. The van der Waals surface area contributed by atoms with Crippen molar-refractivity contribution >= 4 is 23.2 Å². The first-order chi connectivity index (χ1) is 15.3. The molecule has 4 rings (SSSR count). The summed E-state index contributed by atoms with van der Waals surface area (Å²) in [6, 6.07) is 15.5. The van der Waals surface area contributed by atoms with Gasteiger partial charge in [0.1, 0.15) is 5.75 Å². The lowest BCUT2D eigenvalue weighted by Gasteiger charge is -2.38. The Labute approximate surface area is 189 Å². The molecule has 1 N–H and O–H groups in total. The number of morpholine rings is 1. The molecule has 2 aliphatic heterocycles. The Hall–Kier alpha value is -3.06. The van der Waals surface area contributed by atoms with E-state index < -0.39 is 6.10 Å². The quantitative estimate of drug-likeness (QED) is 0.796. The van der Waals surface area contributed by atoms with Crippen LogP contribution in [0.1, 0.15) is 26.3 Å². The normalized spacial score (nSPS) is 18.5. The summed E-state index contributed by atoms with van der Waals surface area (Å²) in [4.78, 5) is 29.6. The Kier molecular flexibility index (Phi) is 6.37. The van der Waals surface area contributed by atoms with Crippen LogP contribution in [0.5, 0.6) is 5.75 Å². The van der Waals surface area contributed by atoms with Crippen LogP contribution in [0.3, 0.4) is 0 Å². The first-order valence-electron chi connectivity index (χ1n) is 11.1. The molecular formula is C25H31N3O4. The van der Waals surface area contributed by atoms with E-state index in [4.69, 9.17) is 9.47 Å². The van der Waals surface area contributed by atoms with E-state index in [1.54, 1.807) is 4.90 Å². The molecule has 0 aliphatic carbocycles. The molecule has 1 atom stereocenters. The molecule has 0 spiro atoms. The number of ether oxygens (including phenoxy) is 2. The number of nitrogens with zero attached hydrogens (tertiary/aromatic N) is 2. The summed E-state index contributed by atoms with van der Waals surface area (Å²) in [5.41, 5.74) is 2.84. The fourth-order valence-corrected chi connectivity index (χ4v) is 4.00. The van der Waals surface area contributed by atoms with Gasteiger partial charge in [0.25, 0.3) is 5.91 Å². The van der Waals surface area contributed by atoms with Crippen molar-refractivity contribution in [1.29, 1.82) is 0 Å². The second kappa shape index (κ2) is 9.20. The molecule has 0 saturated carbocycles. The van der Waals surface area contributed by atoms with Crippen molar-refractivity contribution < 1.29 is 19.1 Å². The molecule has 1 fully saturated rings. The number of benzene rings is 2. The smallest absolute Gasteiger partial charge is 0.265 e. The molecule has 0 unspecified atom stereocenters. The molecule has 2 amide bonds. The van der Waals surface area contributed by atoms with Gasteiger partial charge in [-0.05, 0) is 35.2 Å². The first-order valence-corrected chi connectivity index (χ1v) is 11.1. The Morgan fingerprint density at radius 2 is 1.72 bits per heavy atom. The van der Waals surface area contributed by atoms with Gasteiger partial charge in [-0.2, -0.15) is 0 Å². The molecule has 32 heavy (non-hydrogen) atoms. The number of hydrogen-bond acceptors (Lipinski definition) is 5. The second-order valence-corrected chi connectivity index (χ2v) is 9.27. The lowest BCUT2D eigenvalue weighted by Crippen LogP contribution is -2.53. The number of para-hydroxylation sites is 2. The van der Waals surface area contributed by atoms with Crippen molar-refractivity contribution in [3.63, 3.8) is 0 Å². The van der Waals surface area contributed by atoms with Crippen LogP contribution in [0.4, 0.5) is 11.4 Å². The summed E-state index contributed by atoms with van der Waals surface area (Å²) in [5.74, 6) is 0.418. The molecule has 170 valence electrons. The minimum atomic E-state index is -0.651. The zero-order valence-electron chi connectivity index (χ0n) is 19.0. The van der Waals surface area contributed by atoms with Crippen LogP contribution in [-0.4, -0.2) is 62.2 Å². The van der Waals surface area contributed by atoms with Crippen molar-refractivity contribution in [3.8, 4) is 5.75 Å². The molecule has 2 aliphatic rings. The Morgan fingerprint density at radius 1 is 1.03 bits per heavy atom. The van der Waals surface area contributed by atoms with Gasteiger partial charge in [-0.3, -0.25) is 9.59 Å². The van der Waals surface area contributed by atoms with E-state index in [1.165, 1.54) is 5.56 Å². The van der Waals surface area contributed by atoms with E-state index in [9.17, 15) is 9.59 Å². The highest BCUT2D eigenvalue weighted by Crippen LogP contribution is 2.33. The maximum atomic E-state index is 13.0. The second-order valence-electron chi connectivity index (χ2n) is 9.27. The molecule has 0 radical (unpaired) electrons. The lowest BCUT2D eigenvalue weighted by molar-refractivity contribution is -0.142. The number of amides is 2. The highest BCUT2D eigenvalue weighted by Gasteiger charge is 2.34. The molecular weight excluding hydrogens is 406 g/mol. The minimum Gasteiger partial charge on any atom is -0.477 e. The maximum absolute atomic E-state index is 13.0. The molecule has 2 aromatic carbocycles. The van der Waals surface area contributed by atoms with Crippen LogP contribution in [0.15, 0.2) is 48.5 Å². The highest BCUT2D eigenvalue weighted by molar-refractivity contribution is 5.95. The van der Waals surface area contributed by atoms with E-state index in [0.717, 1.165) is 11.4 Å². The van der Waals surface area contributed by atoms with Gasteiger partial charge in [0.05, 0.1) is 32.0 Å². The van der Waals surface area contributed by atoms with Crippen molar-refractivity contribution in [1.82, 2.24) is 4.90 Å². The van der Waals surface area contributed by atoms with Gasteiger partial charge >= 0.3 is 0 Å². The summed E-state index contributed by atoms with van der Waals surface area (Å²) in [7, 11) is 0. The Morgan fingerprint density at radius 3 is 2.41 bits per heavy atom. The van der Waals surface area contributed by atoms with E-state index in [0.29, 0.717) is 38.6 Å². The van der Waals surface area contributed by atoms with Crippen molar-refractivity contribution in [2.75, 3.05) is 49.6 Å². The summed E-state index contributed by atoms with van der Waals surface area (Å²) >= 11 is 0. The fraction of sp³-hybridized carbons (Fsp3) is 0.440. The summed E-state index contributed by atoms with van der Waals surface area (Å²) in [6.07, 6.45) is -0.651. The SMILES string of the molecule is CC(C)(C)c1ccc(NC(=O)CN2C[C@@H](C(=O)N3CCOCC3)Oc3ccccc32)cc1. The van der Waals surface area contributed by atoms with Gasteiger partial charge < -0.3 is 24.6 Å². The number of nitrogens with one attached hydrogen (secondary N) is 1. The van der Waals surface area contributed by atoms with Crippen LogP contribution < -0.4 is 15.0 Å². The van der Waals surface area contributed by atoms with Gasteiger partial charge in [-0.15, -0.1) is 0 Å². The van der Waals surface area contributed by atoms with Gasteiger partial charge in [-0.1, -0.05) is 45.0 Å². The molecule has 1 saturated heterocycles. The number of carbonyl (C=O) groups excluding carboxylic acids is 2. The average Bonchev–Trinajstić information content (AvgIpc) is 2.79. The molecule has 0 aromatic heterocycles. The van der Waals surface area contributed by atoms with Crippen LogP contribution >= 0.6 is 0 Å². The van der Waals surface area contributed by atoms with Crippen LogP contribution in [-0.2, 0) is 19.7 Å². The maximum Gasteiger partial charge on any atom is 0.265 e. The van der Waals surface area contributed by atoms with Crippen molar-refractivity contribution in [2.45, 2.75) is 32.3 Å². The largest absolute Gasteiger partial charge is 0.477 e. The minimum absolute atomic E-state index is 0.0576. The van der Waals surface area contributed by atoms with E-state index in [2.05, 4.69) is 26.1 Å². The Balaban J connectivity index is 1.45. The predicted octanol–water partition coefficient (Wildman–Crippen LogP) is 3.05. The molecule has 0 bridgehead atoms. The third-order valence-electron chi connectivity index (χ3n) is 5.83. The molecule has 2 heterocycles. The number of hydrogen-bond donors (Lipinski definition) is 1. The van der Waals surface area contributed by atoms with E-state index >= 15 is 0 Å². The molecule has 2 aromatic rings. The van der Waals surface area contributed by atoms with Crippen LogP contribution in [0.2, 0.25) is 0 Å². The molecule has 7 nitrogen and oxygen atoms in total. The summed E-state index contributed by atoms with van der Waals surface area (Å²) in [6.45, 7) is 9.13. The summed E-state index contributed by atoms with van der Waals surface area (Å²) < 4.78 is 11.4. The lowest BCUT2D eigenvalue weighted by atomic mass is 9.87. The third kappa shape index (κ3) is 5.05. The topological polar surface area (TPSA) is 71.1 Å². The van der Waals surface area contributed by atoms with Crippen LogP contribution in [0, 0.1) is 0 Å². The number of rotatable bonds is 4. The number of anilines is 2. The highest BCUT2D eigenvalue weighted by atomic mass is 16.5. The van der Waals surface area contributed by atoms with Gasteiger partial charge in [0.15, 0.2) is 6.10 Å². The number of carbonyl (C=O) groups is 2. The molecule has 7 heteroatoms. The standard InChI is InChI=1S/C25H31N3O4/c1-25(2,3)18-8-10-19(11-9-18)26-23(29)17-28-16-22(24(30)27-12-14-31-15-13-27)32-21-7-5-4-6-20(21)28/h4-11,22H,12-17H2,1-3H3,(H,26,29)/t22-/m0/s1. The zero-order chi connectivity index (χ0) is 22.7. The average molecular weight is 438 g/mol. The van der Waals surface area contributed by atoms with E-state index in [-0.39, 0.29) is 23.8 Å². The third-order valence-corrected chi connectivity index (χ3v) is 5.83. The van der Waals surface area contributed by atoms with E-state index in [1.807, 2.05) is 53.4 Å². The fourth-order valence-electron chi connectivity index (χ4n) is 4.00. The first kappa shape index (κ1) is 22.1. The summed E-state index contributed by atoms with van der Waals surface area (Å²) in [5, 5.41) is 2.97.